The molecule has 1 N–H and O–H groups in total. The number of carbonyl (C=O) groups is 2. The number of rotatable bonds is 5. The van der Waals surface area contributed by atoms with E-state index in [9.17, 15) is 9.59 Å². The molecule has 2 amide bonds. The minimum absolute atomic E-state index is 0.113. The van der Waals surface area contributed by atoms with Gasteiger partial charge in [0.05, 0.1) is 19.8 Å². The standard InChI is InChI=1S/C22H31N3O4/c26-20(23-11-12-24-13-15-28-16-14-24)19-17-29-22(9-5-2-6-10-22)25(19)21(27)18-7-3-1-4-8-18/h1,3-4,7-8,19H,2,5-6,9-17H2,(H,23,26). The van der Waals surface area contributed by atoms with Crippen LogP contribution in [-0.2, 0) is 14.3 Å². The predicted octanol–water partition coefficient (Wildman–Crippen LogP) is 1.64. The molecule has 2 aliphatic heterocycles. The number of nitrogens with one attached hydrogen (secondary N) is 1. The molecule has 4 rings (SSSR count). The first-order valence-corrected chi connectivity index (χ1v) is 10.8. The fraction of sp³-hybridized carbons (Fsp3) is 0.636. The Balaban J connectivity index is 1.45. The molecular formula is C22H31N3O4. The monoisotopic (exact) mass is 401 g/mol. The third kappa shape index (κ3) is 4.47. The molecular weight excluding hydrogens is 370 g/mol. The van der Waals surface area contributed by atoms with E-state index in [1.54, 1.807) is 4.90 Å². The average molecular weight is 402 g/mol. The molecule has 1 unspecified atom stereocenters. The van der Waals surface area contributed by atoms with E-state index in [0.717, 1.165) is 65.0 Å². The maximum absolute atomic E-state index is 13.4. The first-order chi connectivity index (χ1) is 14.2. The number of hydrogen-bond acceptors (Lipinski definition) is 5. The molecule has 3 fully saturated rings. The highest BCUT2D eigenvalue weighted by molar-refractivity contribution is 5.98. The highest BCUT2D eigenvalue weighted by atomic mass is 16.5. The van der Waals surface area contributed by atoms with Crippen LogP contribution in [0.5, 0.6) is 0 Å². The third-order valence-electron chi connectivity index (χ3n) is 6.27. The summed E-state index contributed by atoms with van der Waals surface area (Å²) in [5.41, 5.74) is -0.0359. The molecule has 1 aromatic carbocycles. The number of ether oxygens (including phenoxy) is 2. The highest BCUT2D eigenvalue weighted by Gasteiger charge is 2.52. The highest BCUT2D eigenvalue weighted by Crippen LogP contribution is 2.41. The fourth-order valence-corrected chi connectivity index (χ4v) is 4.67. The van der Waals surface area contributed by atoms with Gasteiger partial charge in [-0.15, -0.1) is 0 Å². The summed E-state index contributed by atoms with van der Waals surface area (Å²) in [5, 5.41) is 3.03. The van der Waals surface area contributed by atoms with Gasteiger partial charge in [0, 0.05) is 31.7 Å². The normalized spacial score (nSPS) is 24.6. The Morgan fingerprint density at radius 1 is 1.07 bits per heavy atom. The van der Waals surface area contributed by atoms with Gasteiger partial charge in [-0.1, -0.05) is 24.6 Å². The third-order valence-corrected chi connectivity index (χ3v) is 6.27. The first kappa shape index (κ1) is 20.3. The molecule has 1 aromatic rings. The lowest BCUT2D eigenvalue weighted by Gasteiger charge is -2.41. The van der Waals surface area contributed by atoms with Crippen LogP contribution < -0.4 is 5.32 Å². The Bertz CT molecular complexity index is 699. The number of amides is 2. The van der Waals surface area contributed by atoms with Gasteiger partial charge in [0.1, 0.15) is 11.8 Å². The van der Waals surface area contributed by atoms with Crippen molar-refractivity contribution in [3.63, 3.8) is 0 Å². The molecule has 1 aliphatic carbocycles. The first-order valence-electron chi connectivity index (χ1n) is 10.8. The van der Waals surface area contributed by atoms with Crippen LogP contribution >= 0.6 is 0 Å². The zero-order chi connectivity index (χ0) is 20.1. The molecule has 0 radical (unpaired) electrons. The van der Waals surface area contributed by atoms with Crippen molar-refractivity contribution in [3.05, 3.63) is 35.9 Å². The van der Waals surface area contributed by atoms with Gasteiger partial charge < -0.3 is 14.8 Å². The summed E-state index contributed by atoms with van der Waals surface area (Å²) in [6.07, 6.45) is 4.77. The maximum Gasteiger partial charge on any atom is 0.256 e. The Kier molecular flexibility index (Phi) is 6.47. The van der Waals surface area contributed by atoms with E-state index in [1.165, 1.54) is 0 Å². The van der Waals surface area contributed by atoms with Crippen LogP contribution in [0.15, 0.2) is 30.3 Å². The van der Waals surface area contributed by atoms with Gasteiger partial charge in [-0.2, -0.15) is 0 Å². The summed E-state index contributed by atoms with van der Waals surface area (Å²) >= 11 is 0. The van der Waals surface area contributed by atoms with Crippen molar-refractivity contribution >= 4 is 11.8 Å². The van der Waals surface area contributed by atoms with Gasteiger partial charge in [0.25, 0.3) is 5.91 Å². The lowest BCUT2D eigenvalue weighted by Crippen LogP contribution is -2.56. The molecule has 3 aliphatic rings. The van der Waals surface area contributed by atoms with Gasteiger partial charge in [-0.25, -0.2) is 0 Å². The summed E-state index contributed by atoms with van der Waals surface area (Å²) < 4.78 is 11.5. The van der Waals surface area contributed by atoms with E-state index in [-0.39, 0.29) is 18.4 Å². The SMILES string of the molecule is O=C(NCCN1CCOCC1)C1COC2(CCCCC2)N1C(=O)c1ccccc1. The van der Waals surface area contributed by atoms with Crippen molar-refractivity contribution in [1.29, 1.82) is 0 Å². The predicted molar refractivity (Wildman–Crippen MR) is 108 cm³/mol. The molecule has 1 spiro atoms. The largest absolute Gasteiger partial charge is 0.379 e. The molecule has 0 aromatic heterocycles. The summed E-state index contributed by atoms with van der Waals surface area (Å²) in [5.74, 6) is -0.233. The van der Waals surface area contributed by atoms with Gasteiger partial charge in [0.15, 0.2) is 0 Å². The lowest BCUT2D eigenvalue weighted by atomic mass is 9.89. The second-order valence-electron chi connectivity index (χ2n) is 8.12. The topological polar surface area (TPSA) is 71.1 Å². The Morgan fingerprint density at radius 3 is 2.52 bits per heavy atom. The number of nitrogens with zero attached hydrogens (tertiary/aromatic N) is 2. The van der Waals surface area contributed by atoms with E-state index < -0.39 is 11.8 Å². The van der Waals surface area contributed by atoms with E-state index in [0.29, 0.717) is 12.1 Å². The maximum atomic E-state index is 13.4. The number of carbonyl (C=O) groups excluding carboxylic acids is 2. The zero-order valence-corrected chi connectivity index (χ0v) is 17.0. The van der Waals surface area contributed by atoms with E-state index >= 15 is 0 Å². The molecule has 7 nitrogen and oxygen atoms in total. The Morgan fingerprint density at radius 2 is 1.79 bits per heavy atom. The minimum atomic E-state index is -0.641. The molecule has 2 saturated heterocycles. The summed E-state index contributed by atoms with van der Waals surface area (Å²) in [6.45, 7) is 4.89. The second kappa shape index (κ2) is 9.24. The minimum Gasteiger partial charge on any atom is -0.379 e. The summed E-state index contributed by atoms with van der Waals surface area (Å²) in [7, 11) is 0. The van der Waals surface area contributed by atoms with Gasteiger partial charge in [-0.05, 0) is 37.8 Å². The summed E-state index contributed by atoms with van der Waals surface area (Å²) in [4.78, 5) is 30.5. The van der Waals surface area contributed by atoms with Crippen LogP contribution in [-0.4, -0.2) is 79.4 Å². The second-order valence-corrected chi connectivity index (χ2v) is 8.12. The van der Waals surface area contributed by atoms with Crippen molar-refractivity contribution in [2.24, 2.45) is 0 Å². The van der Waals surface area contributed by atoms with Crippen molar-refractivity contribution < 1.29 is 19.1 Å². The molecule has 0 bridgehead atoms. The molecule has 7 heteroatoms. The van der Waals surface area contributed by atoms with Gasteiger partial charge >= 0.3 is 0 Å². The van der Waals surface area contributed by atoms with E-state index in [1.807, 2.05) is 30.3 Å². The number of hydrogen-bond donors (Lipinski definition) is 1. The van der Waals surface area contributed by atoms with Crippen LogP contribution in [0.2, 0.25) is 0 Å². The molecule has 158 valence electrons. The zero-order valence-electron chi connectivity index (χ0n) is 17.0. The smallest absolute Gasteiger partial charge is 0.256 e. The molecule has 1 atom stereocenters. The lowest BCUT2D eigenvalue weighted by molar-refractivity contribution is -0.127. The van der Waals surface area contributed by atoms with Crippen LogP contribution in [0.4, 0.5) is 0 Å². The van der Waals surface area contributed by atoms with Crippen molar-refractivity contribution in [2.45, 2.75) is 43.9 Å². The van der Waals surface area contributed by atoms with Gasteiger partial charge in [-0.3, -0.25) is 19.4 Å². The molecule has 29 heavy (non-hydrogen) atoms. The van der Waals surface area contributed by atoms with Crippen LogP contribution in [0.25, 0.3) is 0 Å². The van der Waals surface area contributed by atoms with Crippen molar-refractivity contribution in [1.82, 2.24) is 15.1 Å². The Labute approximate surface area is 172 Å². The van der Waals surface area contributed by atoms with Crippen LogP contribution in [0.3, 0.4) is 0 Å². The quantitative estimate of drug-likeness (QED) is 0.812. The van der Waals surface area contributed by atoms with Gasteiger partial charge in [0.2, 0.25) is 5.91 Å². The summed E-state index contributed by atoms with van der Waals surface area (Å²) in [6, 6.07) is 8.65. The van der Waals surface area contributed by atoms with E-state index in [4.69, 9.17) is 9.47 Å². The molecule has 1 saturated carbocycles. The molecule has 2 heterocycles. The Hall–Kier alpha value is -1.96. The number of morpholine rings is 1. The van der Waals surface area contributed by atoms with E-state index in [2.05, 4.69) is 10.2 Å². The van der Waals surface area contributed by atoms with Crippen molar-refractivity contribution in [2.75, 3.05) is 46.0 Å². The van der Waals surface area contributed by atoms with Crippen LogP contribution in [0, 0.1) is 0 Å². The number of benzene rings is 1. The van der Waals surface area contributed by atoms with Crippen molar-refractivity contribution in [3.8, 4) is 0 Å². The van der Waals surface area contributed by atoms with Crippen LogP contribution in [0.1, 0.15) is 42.5 Å². The fourth-order valence-electron chi connectivity index (χ4n) is 4.67. The average Bonchev–Trinajstić information content (AvgIpc) is 3.13.